The number of ether oxygens (including phenoxy) is 1. The van der Waals surface area contributed by atoms with E-state index in [-0.39, 0.29) is 5.60 Å². The van der Waals surface area contributed by atoms with Gasteiger partial charge in [-0.2, -0.15) is 0 Å². The molecule has 1 aliphatic heterocycles. The van der Waals surface area contributed by atoms with Crippen LogP contribution >= 0.6 is 0 Å². The molecule has 0 aliphatic carbocycles. The predicted molar refractivity (Wildman–Crippen MR) is 37.5 cm³/mol. The van der Waals surface area contributed by atoms with Crippen molar-refractivity contribution in [1.29, 1.82) is 0 Å². The lowest BCUT2D eigenvalue weighted by atomic mass is 9.92. The second-order valence-corrected chi connectivity index (χ2v) is 2.67. The molecule has 1 N–H and O–H groups in total. The van der Waals surface area contributed by atoms with E-state index in [2.05, 4.69) is 12.2 Å². The minimum Gasteiger partial charge on any atom is -0.373 e. The first-order valence-corrected chi connectivity index (χ1v) is 3.61. The van der Waals surface area contributed by atoms with Crippen LogP contribution in [0.15, 0.2) is 0 Å². The molecule has 0 bridgehead atoms. The lowest BCUT2D eigenvalue weighted by molar-refractivity contribution is -0.145. The Morgan fingerprint density at radius 1 is 1.67 bits per heavy atom. The van der Waals surface area contributed by atoms with E-state index in [1.807, 2.05) is 7.05 Å². The standard InChI is InChI=1S/C7H15NO/c1-3-7(6-8-2)4-5-9-7/h8H,3-6H2,1-2H3. The number of hydrogen-bond donors (Lipinski definition) is 1. The number of hydrogen-bond acceptors (Lipinski definition) is 2. The Morgan fingerprint density at radius 2 is 2.33 bits per heavy atom. The maximum absolute atomic E-state index is 5.45. The zero-order valence-electron chi connectivity index (χ0n) is 6.24. The van der Waals surface area contributed by atoms with E-state index < -0.39 is 0 Å². The van der Waals surface area contributed by atoms with Crippen molar-refractivity contribution in [2.75, 3.05) is 20.2 Å². The first-order chi connectivity index (χ1) is 4.33. The van der Waals surface area contributed by atoms with Crippen LogP contribution in [0.25, 0.3) is 0 Å². The van der Waals surface area contributed by atoms with Crippen molar-refractivity contribution in [2.24, 2.45) is 0 Å². The first-order valence-electron chi connectivity index (χ1n) is 3.61. The Bertz CT molecular complexity index is 83.4. The Morgan fingerprint density at radius 3 is 2.44 bits per heavy atom. The molecule has 0 aromatic rings. The van der Waals surface area contributed by atoms with Crippen LogP contribution in [0.1, 0.15) is 19.8 Å². The summed E-state index contributed by atoms with van der Waals surface area (Å²) in [6.07, 6.45) is 2.36. The minimum absolute atomic E-state index is 0.203. The zero-order chi connectivity index (χ0) is 6.74. The molecular weight excluding hydrogens is 114 g/mol. The molecule has 1 saturated heterocycles. The molecule has 1 aliphatic rings. The monoisotopic (exact) mass is 129 g/mol. The van der Waals surface area contributed by atoms with Gasteiger partial charge < -0.3 is 10.1 Å². The van der Waals surface area contributed by atoms with Crippen molar-refractivity contribution < 1.29 is 4.74 Å². The first kappa shape index (κ1) is 7.03. The summed E-state index contributed by atoms with van der Waals surface area (Å²) in [7, 11) is 1.97. The molecule has 1 unspecified atom stereocenters. The predicted octanol–water partition coefficient (Wildman–Crippen LogP) is 0.775. The molecule has 9 heavy (non-hydrogen) atoms. The third-order valence-corrected chi connectivity index (χ3v) is 2.11. The van der Waals surface area contributed by atoms with E-state index >= 15 is 0 Å². The second kappa shape index (κ2) is 2.67. The molecule has 0 spiro atoms. The second-order valence-electron chi connectivity index (χ2n) is 2.67. The minimum atomic E-state index is 0.203. The summed E-state index contributed by atoms with van der Waals surface area (Å²) in [5.41, 5.74) is 0.203. The van der Waals surface area contributed by atoms with Gasteiger partial charge in [0.2, 0.25) is 0 Å². The normalized spacial score (nSPS) is 34.0. The molecule has 1 rings (SSSR count). The highest BCUT2D eigenvalue weighted by Crippen LogP contribution is 2.28. The van der Waals surface area contributed by atoms with E-state index in [4.69, 9.17) is 4.74 Å². The number of nitrogens with one attached hydrogen (secondary N) is 1. The van der Waals surface area contributed by atoms with Crippen LogP contribution in [0.5, 0.6) is 0 Å². The molecule has 54 valence electrons. The lowest BCUT2D eigenvalue weighted by Gasteiger charge is -2.41. The van der Waals surface area contributed by atoms with E-state index in [9.17, 15) is 0 Å². The molecule has 2 heteroatoms. The fourth-order valence-electron chi connectivity index (χ4n) is 1.26. The SMILES string of the molecule is CCC1(CNC)CCO1. The van der Waals surface area contributed by atoms with Gasteiger partial charge >= 0.3 is 0 Å². The topological polar surface area (TPSA) is 21.3 Å². The summed E-state index contributed by atoms with van der Waals surface area (Å²) in [4.78, 5) is 0. The van der Waals surface area contributed by atoms with Crippen LogP contribution in [-0.4, -0.2) is 25.8 Å². The third-order valence-electron chi connectivity index (χ3n) is 2.11. The fraction of sp³-hybridized carbons (Fsp3) is 1.00. The summed E-state index contributed by atoms with van der Waals surface area (Å²) in [6.45, 7) is 4.13. The van der Waals surface area contributed by atoms with Crippen LogP contribution in [0.3, 0.4) is 0 Å². The number of likely N-dealkylation sites (N-methyl/N-ethyl adjacent to an activating group) is 1. The van der Waals surface area contributed by atoms with Gasteiger partial charge in [-0.05, 0) is 13.5 Å². The number of rotatable bonds is 3. The third kappa shape index (κ3) is 1.25. The van der Waals surface area contributed by atoms with Crippen molar-refractivity contribution in [3.05, 3.63) is 0 Å². The van der Waals surface area contributed by atoms with Gasteiger partial charge in [-0.25, -0.2) is 0 Å². The molecule has 1 fully saturated rings. The van der Waals surface area contributed by atoms with Crippen LogP contribution in [0.4, 0.5) is 0 Å². The highest BCUT2D eigenvalue weighted by atomic mass is 16.5. The van der Waals surface area contributed by atoms with Gasteiger partial charge in [0, 0.05) is 13.0 Å². The van der Waals surface area contributed by atoms with Gasteiger partial charge in [-0.1, -0.05) is 6.92 Å². The Balaban J connectivity index is 2.28. The molecule has 0 aromatic heterocycles. The van der Waals surface area contributed by atoms with Crippen molar-refractivity contribution in [3.63, 3.8) is 0 Å². The quantitative estimate of drug-likeness (QED) is 0.608. The summed E-state index contributed by atoms with van der Waals surface area (Å²) < 4.78 is 5.45. The lowest BCUT2D eigenvalue weighted by Crippen LogP contribution is -2.50. The van der Waals surface area contributed by atoms with E-state index in [1.54, 1.807) is 0 Å². The van der Waals surface area contributed by atoms with Gasteiger partial charge in [0.1, 0.15) is 0 Å². The molecular formula is C7H15NO. The average molecular weight is 129 g/mol. The largest absolute Gasteiger partial charge is 0.373 e. The molecule has 0 aromatic carbocycles. The molecule has 0 radical (unpaired) electrons. The van der Waals surface area contributed by atoms with Gasteiger partial charge in [0.15, 0.2) is 0 Å². The maximum Gasteiger partial charge on any atom is 0.0825 e. The summed E-state index contributed by atoms with van der Waals surface area (Å²) in [5.74, 6) is 0. The highest BCUT2D eigenvalue weighted by molar-refractivity contribution is 4.87. The summed E-state index contributed by atoms with van der Waals surface area (Å²) in [6, 6.07) is 0. The summed E-state index contributed by atoms with van der Waals surface area (Å²) in [5, 5.41) is 3.14. The Labute approximate surface area is 56.6 Å². The van der Waals surface area contributed by atoms with Crippen molar-refractivity contribution in [3.8, 4) is 0 Å². The van der Waals surface area contributed by atoms with E-state index in [0.29, 0.717) is 0 Å². The molecule has 1 atom stereocenters. The smallest absolute Gasteiger partial charge is 0.0825 e. The van der Waals surface area contributed by atoms with Crippen LogP contribution in [0, 0.1) is 0 Å². The molecule has 0 amide bonds. The average Bonchev–Trinajstić information content (AvgIpc) is 1.79. The van der Waals surface area contributed by atoms with E-state index in [0.717, 1.165) is 19.6 Å². The van der Waals surface area contributed by atoms with Gasteiger partial charge in [-0.15, -0.1) is 0 Å². The van der Waals surface area contributed by atoms with Crippen molar-refractivity contribution in [2.45, 2.75) is 25.4 Å². The van der Waals surface area contributed by atoms with Crippen LogP contribution < -0.4 is 5.32 Å². The van der Waals surface area contributed by atoms with Gasteiger partial charge in [-0.3, -0.25) is 0 Å². The molecule has 1 heterocycles. The molecule has 2 nitrogen and oxygen atoms in total. The molecule has 0 saturated carbocycles. The maximum atomic E-state index is 5.45. The fourth-order valence-corrected chi connectivity index (χ4v) is 1.26. The van der Waals surface area contributed by atoms with Gasteiger partial charge in [0.25, 0.3) is 0 Å². The van der Waals surface area contributed by atoms with Crippen molar-refractivity contribution in [1.82, 2.24) is 5.32 Å². The van der Waals surface area contributed by atoms with E-state index in [1.165, 1.54) is 6.42 Å². The van der Waals surface area contributed by atoms with Crippen LogP contribution in [0.2, 0.25) is 0 Å². The Kier molecular flexibility index (Phi) is 2.09. The van der Waals surface area contributed by atoms with Crippen molar-refractivity contribution >= 4 is 0 Å². The van der Waals surface area contributed by atoms with Crippen LogP contribution in [-0.2, 0) is 4.74 Å². The highest BCUT2D eigenvalue weighted by Gasteiger charge is 2.35. The Hall–Kier alpha value is -0.0800. The van der Waals surface area contributed by atoms with Gasteiger partial charge in [0.05, 0.1) is 12.2 Å². The summed E-state index contributed by atoms with van der Waals surface area (Å²) >= 11 is 0. The zero-order valence-corrected chi connectivity index (χ0v) is 6.24.